The molecule has 5 nitrogen and oxygen atoms in total. The number of rotatable bonds is 4. The molecule has 1 aliphatic rings. The topological polar surface area (TPSA) is 36.9 Å². The molecule has 0 aliphatic heterocycles. The van der Waals surface area contributed by atoms with Crippen LogP contribution in [0.2, 0.25) is 0 Å². The molecule has 3 aromatic heterocycles. The van der Waals surface area contributed by atoms with Crippen molar-refractivity contribution >= 4 is 32.8 Å². The summed E-state index contributed by atoms with van der Waals surface area (Å²) in [5, 5.41) is 1.09. The van der Waals surface area contributed by atoms with Gasteiger partial charge in [-0.2, -0.15) is 0 Å². The van der Waals surface area contributed by atoms with Crippen LogP contribution in [0.1, 0.15) is 78.8 Å². The van der Waals surface area contributed by atoms with Crippen molar-refractivity contribution < 1.29 is 33.7 Å². The Balaban J connectivity index is 1.29. The molecule has 0 N–H and O–H groups in total. The number of imidazole rings is 1. The third kappa shape index (κ3) is 4.71. The van der Waals surface area contributed by atoms with Crippen molar-refractivity contribution in [1.29, 1.82) is 0 Å². The van der Waals surface area contributed by atoms with Crippen LogP contribution in [0.3, 0.4) is 0 Å². The van der Waals surface area contributed by atoms with Crippen LogP contribution in [0, 0.1) is 3.80 Å². The second-order valence-corrected chi connectivity index (χ2v) is 14.2. The summed E-state index contributed by atoms with van der Waals surface area (Å²) in [6.07, 6.45) is 3.52. The number of ether oxygens (including phenoxy) is 1. The Morgan fingerprint density at radius 1 is 0.848 bits per heavy atom. The third-order valence-corrected chi connectivity index (χ3v) is 10.4. The van der Waals surface area contributed by atoms with E-state index in [4.69, 9.17) is 19.3 Å². The predicted molar refractivity (Wildman–Crippen MR) is 184 cm³/mol. The van der Waals surface area contributed by atoms with Gasteiger partial charge in [-0.3, -0.25) is 0 Å². The van der Waals surface area contributed by atoms with Gasteiger partial charge in [0, 0.05) is 6.20 Å². The number of aryl methyl sites for hydroxylation is 1. The maximum absolute atomic E-state index is 8.95. The molecule has 3 heterocycles. The quantitative estimate of drug-likeness (QED) is 0.178. The molecule has 0 fully saturated rings. The number of nitrogens with zero attached hydrogens (tertiary/aromatic N) is 4. The normalized spacial score (nSPS) is 19.2. The summed E-state index contributed by atoms with van der Waals surface area (Å²) >= 11 is 2.14. The Labute approximate surface area is 290 Å². The molecule has 0 bridgehead atoms. The summed E-state index contributed by atoms with van der Waals surface area (Å²) in [6.45, 7) is 6.23. The first-order valence-electron chi connectivity index (χ1n) is 19.1. The van der Waals surface area contributed by atoms with Crippen molar-refractivity contribution in [2.24, 2.45) is 6.98 Å². The van der Waals surface area contributed by atoms with E-state index in [9.17, 15) is 0 Å². The number of para-hydroxylation sites is 3. The first-order chi connectivity index (χ1) is 25.1. The molecule has 0 saturated carbocycles. The van der Waals surface area contributed by atoms with Gasteiger partial charge in [0.05, 0.1) is 5.48 Å². The van der Waals surface area contributed by atoms with Crippen molar-refractivity contribution in [3.05, 3.63) is 124 Å². The molecule has 2 atom stereocenters. The second kappa shape index (κ2) is 11.0. The number of benzene rings is 4. The van der Waals surface area contributed by atoms with E-state index in [1.807, 2.05) is 65.2 Å². The zero-order valence-corrected chi connectivity index (χ0v) is 28.4. The molecule has 0 spiro atoms. The van der Waals surface area contributed by atoms with Crippen LogP contribution in [-0.4, -0.2) is 18.7 Å². The van der Waals surface area contributed by atoms with E-state index in [0.29, 0.717) is 54.4 Å². The first kappa shape index (κ1) is 22.3. The van der Waals surface area contributed by atoms with Gasteiger partial charge in [0.1, 0.15) is 0 Å². The van der Waals surface area contributed by atoms with Crippen LogP contribution in [0.15, 0.2) is 103 Å². The van der Waals surface area contributed by atoms with Gasteiger partial charge >= 0.3 is 206 Å². The van der Waals surface area contributed by atoms with Crippen molar-refractivity contribution in [2.75, 3.05) is 0 Å². The summed E-state index contributed by atoms with van der Waals surface area (Å²) in [5.74, 6) is 2.02. The number of hydrogen-bond acceptors (Lipinski definition) is 2. The zero-order valence-electron chi connectivity index (χ0n) is 33.1. The summed E-state index contributed by atoms with van der Waals surface area (Å²) in [7, 11) is 0. The van der Waals surface area contributed by atoms with Gasteiger partial charge in [-0.05, 0) is 29.2 Å². The minimum Gasteiger partial charge on any atom is -0.239 e. The maximum atomic E-state index is 8.95. The molecule has 2 unspecified atom stereocenters. The molecule has 6 heteroatoms. The SMILES string of the molecule is [2H]c1c([2H])c([2H])c2c(c1[2H])c1ccc(Oc3ccc4c(c3)C(n3[c](=[Pt])n(C([2H])([2H])[2H])c5ccccc53)CCC4C)cc1n2-c1cc(C(C)(C)C)ccn1. The second-order valence-electron chi connectivity index (χ2n) is 13.2. The fourth-order valence-corrected chi connectivity index (χ4v) is 7.82. The van der Waals surface area contributed by atoms with Gasteiger partial charge in [-0.15, -0.1) is 0 Å². The fourth-order valence-electron chi connectivity index (χ4n) is 6.92. The van der Waals surface area contributed by atoms with Crippen molar-refractivity contribution in [3.8, 4) is 17.3 Å². The smallest absolute Gasteiger partial charge is 0.239 e. The molecule has 8 rings (SSSR count). The van der Waals surface area contributed by atoms with Gasteiger partial charge in [0.2, 0.25) is 0 Å². The number of aromatic nitrogens is 4. The molecular formula is C40H38N4OPt. The fraction of sp³-hybridized carbons (Fsp3) is 0.250. The van der Waals surface area contributed by atoms with Gasteiger partial charge in [0.25, 0.3) is 0 Å². The minimum atomic E-state index is -2.34. The third-order valence-electron chi connectivity index (χ3n) is 9.32. The number of pyridine rings is 1. The van der Waals surface area contributed by atoms with Crippen LogP contribution in [0.25, 0.3) is 38.7 Å². The van der Waals surface area contributed by atoms with E-state index >= 15 is 0 Å². The Morgan fingerprint density at radius 2 is 1.63 bits per heavy atom. The van der Waals surface area contributed by atoms with E-state index in [2.05, 4.69) is 63.7 Å². The monoisotopic (exact) mass is 792 g/mol. The van der Waals surface area contributed by atoms with Crippen LogP contribution < -0.4 is 4.74 Å². The van der Waals surface area contributed by atoms with Gasteiger partial charge in [-0.1, -0.05) is 38.9 Å². The van der Waals surface area contributed by atoms with Crippen molar-refractivity contribution in [3.63, 3.8) is 0 Å². The van der Waals surface area contributed by atoms with Gasteiger partial charge < -0.3 is 0 Å². The Hall–Kier alpha value is -4.21. The van der Waals surface area contributed by atoms with E-state index < -0.39 is 6.98 Å². The van der Waals surface area contributed by atoms with Crippen LogP contribution in [-0.2, 0) is 31.7 Å². The van der Waals surface area contributed by atoms with Gasteiger partial charge in [0.15, 0.2) is 0 Å². The van der Waals surface area contributed by atoms with Crippen molar-refractivity contribution in [2.45, 2.75) is 57.9 Å². The van der Waals surface area contributed by atoms with E-state index in [-0.39, 0.29) is 35.6 Å². The Morgan fingerprint density at radius 3 is 2.46 bits per heavy atom. The average molecular weight is 793 g/mol. The zero-order chi connectivity index (χ0) is 37.7. The Kier molecular flexibility index (Phi) is 5.32. The van der Waals surface area contributed by atoms with Crippen molar-refractivity contribution in [1.82, 2.24) is 18.7 Å². The minimum absolute atomic E-state index is 0.104. The molecule has 234 valence electrons. The molecule has 0 saturated heterocycles. The molecule has 4 aromatic carbocycles. The molecule has 7 aromatic rings. The van der Waals surface area contributed by atoms with E-state index in [0.717, 1.165) is 29.5 Å². The standard InChI is InChI=1S/C40H38N4O.Pt/c1-26-14-19-34(43-25-42(5)36-12-8-9-13-37(36)43)33-23-28(15-17-30(26)33)45-29-16-18-32-31-10-6-7-11-35(31)44(38(32)24-29)39-22-27(20-21-41-39)40(2,3)4;/h6-13,15-18,20-24,26,34H,14,19H2,1-5H3;/i5D3,6D,7D,10D,11D;. The summed E-state index contributed by atoms with van der Waals surface area (Å²) in [4.78, 5) is 4.70. The molecule has 0 radical (unpaired) electrons. The summed E-state index contributed by atoms with van der Waals surface area (Å²) < 4.78 is 72.4. The Bertz CT molecular complexity index is 2690. The molecule has 1 aliphatic carbocycles. The van der Waals surface area contributed by atoms with Crippen LogP contribution in [0.4, 0.5) is 0 Å². The average Bonchev–Trinajstić information content (AvgIpc) is 3.61. The molecular weight excluding hydrogens is 748 g/mol. The van der Waals surface area contributed by atoms with E-state index in [1.54, 1.807) is 6.20 Å². The predicted octanol–water partition coefficient (Wildman–Crippen LogP) is 10.1. The molecule has 0 amide bonds. The number of fused-ring (bicyclic) bond motifs is 5. The van der Waals surface area contributed by atoms with Gasteiger partial charge in [-0.25, -0.2) is 4.98 Å². The first-order valence-corrected chi connectivity index (χ1v) is 16.7. The number of hydrogen-bond donors (Lipinski definition) is 0. The van der Waals surface area contributed by atoms with Crippen LogP contribution in [0.5, 0.6) is 11.5 Å². The van der Waals surface area contributed by atoms with E-state index in [1.165, 1.54) is 10.1 Å². The molecule has 46 heavy (non-hydrogen) atoms. The summed E-state index contributed by atoms with van der Waals surface area (Å²) in [5.41, 5.74) is 5.68. The summed E-state index contributed by atoms with van der Waals surface area (Å²) in [6, 6.07) is 22.3. The van der Waals surface area contributed by atoms with Crippen LogP contribution >= 0.6 is 0 Å².